The van der Waals surface area contributed by atoms with Gasteiger partial charge in [0.25, 0.3) is 5.56 Å². The molecule has 0 bridgehead atoms. The molecular formula is C13H18BrN5O. The topological polar surface area (TPSA) is 75.6 Å². The van der Waals surface area contributed by atoms with Gasteiger partial charge >= 0.3 is 0 Å². The summed E-state index contributed by atoms with van der Waals surface area (Å²) in [6.45, 7) is 6.66. The smallest absolute Gasteiger partial charge is 0.283 e. The molecule has 0 aromatic carbocycles. The first kappa shape index (κ1) is 14.8. The highest BCUT2D eigenvalue weighted by atomic mass is 79.9. The first-order valence-electron chi connectivity index (χ1n) is 6.50. The van der Waals surface area contributed by atoms with Crippen molar-refractivity contribution in [3.05, 3.63) is 39.2 Å². The highest BCUT2D eigenvalue weighted by Crippen LogP contribution is 2.21. The summed E-state index contributed by atoms with van der Waals surface area (Å²) in [4.78, 5) is 19.4. The molecule has 2 rings (SSSR count). The molecule has 0 aliphatic carbocycles. The molecular weight excluding hydrogens is 322 g/mol. The van der Waals surface area contributed by atoms with Gasteiger partial charge in [0, 0.05) is 18.9 Å². The first-order valence-corrected chi connectivity index (χ1v) is 7.29. The Balaban J connectivity index is 2.21. The fourth-order valence-electron chi connectivity index (χ4n) is 1.86. The highest BCUT2D eigenvalue weighted by Gasteiger charge is 2.13. The van der Waals surface area contributed by atoms with Crippen LogP contribution < -0.4 is 10.9 Å². The predicted octanol–water partition coefficient (Wildman–Crippen LogP) is 2.56. The molecule has 0 aliphatic rings. The van der Waals surface area contributed by atoms with Crippen molar-refractivity contribution < 1.29 is 0 Å². The molecule has 108 valence electrons. The summed E-state index contributed by atoms with van der Waals surface area (Å²) in [5, 5.41) is 7.41. The van der Waals surface area contributed by atoms with Crippen molar-refractivity contribution in [1.82, 2.24) is 19.7 Å². The monoisotopic (exact) mass is 339 g/mol. The third kappa shape index (κ3) is 3.27. The van der Waals surface area contributed by atoms with E-state index < -0.39 is 0 Å². The molecule has 2 heterocycles. The van der Waals surface area contributed by atoms with Gasteiger partial charge in [0.2, 0.25) is 0 Å². The number of imidazole rings is 1. The fourth-order valence-corrected chi connectivity index (χ4v) is 2.28. The van der Waals surface area contributed by atoms with Crippen LogP contribution in [0.25, 0.3) is 0 Å². The van der Waals surface area contributed by atoms with Crippen molar-refractivity contribution in [1.29, 1.82) is 0 Å². The third-order valence-electron chi connectivity index (χ3n) is 2.82. The number of halogens is 1. The molecule has 0 aliphatic heterocycles. The van der Waals surface area contributed by atoms with E-state index in [9.17, 15) is 4.79 Å². The van der Waals surface area contributed by atoms with Crippen LogP contribution in [0.3, 0.4) is 0 Å². The lowest BCUT2D eigenvalue weighted by atomic mass is 10.2. The molecule has 1 atom stereocenters. The van der Waals surface area contributed by atoms with Gasteiger partial charge in [-0.3, -0.25) is 4.79 Å². The lowest BCUT2D eigenvalue weighted by Gasteiger charge is -2.15. The number of hydrogen-bond acceptors (Lipinski definition) is 4. The molecule has 2 aromatic heterocycles. The predicted molar refractivity (Wildman–Crippen MR) is 81.7 cm³/mol. The SMILES string of the molecule is CC(C)Cn1ncc(NC(C)c2ncc[nH]2)c(Br)c1=O. The van der Waals surface area contributed by atoms with Crippen LogP contribution in [0, 0.1) is 5.92 Å². The molecule has 2 N–H and O–H groups in total. The van der Waals surface area contributed by atoms with E-state index in [4.69, 9.17) is 0 Å². The number of aromatic amines is 1. The molecule has 0 amide bonds. The van der Waals surface area contributed by atoms with Crippen LogP contribution in [-0.2, 0) is 6.54 Å². The average molecular weight is 340 g/mol. The molecule has 0 fully saturated rings. The minimum atomic E-state index is -0.129. The van der Waals surface area contributed by atoms with Crippen LogP contribution in [0.2, 0.25) is 0 Å². The molecule has 20 heavy (non-hydrogen) atoms. The van der Waals surface area contributed by atoms with Crippen molar-refractivity contribution in [3.63, 3.8) is 0 Å². The Hall–Kier alpha value is -1.63. The second kappa shape index (κ2) is 6.21. The Morgan fingerprint density at radius 1 is 1.45 bits per heavy atom. The normalized spacial score (nSPS) is 12.7. The summed E-state index contributed by atoms with van der Waals surface area (Å²) in [7, 11) is 0. The van der Waals surface area contributed by atoms with Gasteiger partial charge in [-0.1, -0.05) is 13.8 Å². The van der Waals surface area contributed by atoms with Crippen molar-refractivity contribution in [2.45, 2.75) is 33.4 Å². The minimum Gasteiger partial charge on any atom is -0.373 e. The van der Waals surface area contributed by atoms with Crippen LogP contribution in [-0.4, -0.2) is 19.7 Å². The van der Waals surface area contributed by atoms with Crippen molar-refractivity contribution in [3.8, 4) is 0 Å². The quantitative estimate of drug-likeness (QED) is 0.877. The number of H-pyrrole nitrogens is 1. The largest absolute Gasteiger partial charge is 0.373 e. The van der Waals surface area contributed by atoms with Gasteiger partial charge in [-0.05, 0) is 28.8 Å². The van der Waals surface area contributed by atoms with E-state index in [1.807, 2.05) is 20.8 Å². The highest BCUT2D eigenvalue weighted by molar-refractivity contribution is 9.10. The molecule has 1 unspecified atom stereocenters. The Morgan fingerprint density at radius 3 is 2.80 bits per heavy atom. The Bertz CT molecular complexity index is 620. The van der Waals surface area contributed by atoms with E-state index in [1.54, 1.807) is 18.6 Å². The standard InChI is InChI=1S/C13H18BrN5O/c1-8(2)7-19-13(20)11(14)10(6-17-19)18-9(3)12-15-4-5-16-12/h4-6,8-9,18H,7H2,1-3H3,(H,15,16). The van der Waals surface area contributed by atoms with Gasteiger partial charge in [0.05, 0.1) is 17.9 Å². The van der Waals surface area contributed by atoms with E-state index in [-0.39, 0.29) is 11.6 Å². The zero-order valence-corrected chi connectivity index (χ0v) is 13.3. The lowest BCUT2D eigenvalue weighted by Crippen LogP contribution is -2.26. The number of aromatic nitrogens is 4. The second-order valence-electron chi connectivity index (χ2n) is 5.09. The average Bonchev–Trinajstić information content (AvgIpc) is 2.92. The maximum absolute atomic E-state index is 12.2. The van der Waals surface area contributed by atoms with E-state index in [0.717, 1.165) is 5.82 Å². The summed E-state index contributed by atoms with van der Waals surface area (Å²) >= 11 is 3.35. The zero-order chi connectivity index (χ0) is 14.7. The molecule has 6 nitrogen and oxygen atoms in total. The van der Waals surface area contributed by atoms with Crippen LogP contribution >= 0.6 is 15.9 Å². The summed E-state index contributed by atoms with van der Waals surface area (Å²) in [5.74, 6) is 1.18. The summed E-state index contributed by atoms with van der Waals surface area (Å²) in [6.07, 6.45) is 5.12. The number of nitrogens with one attached hydrogen (secondary N) is 2. The van der Waals surface area contributed by atoms with Gasteiger partial charge in [0.15, 0.2) is 0 Å². The maximum atomic E-state index is 12.2. The minimum absolute atomic E-state index is 0.0385. The summed E-state index contributed by atoms with van der Waals surface area (Å²) in [6, 6.07) is -0.0385. The Morgan fingerprint density at radius 2 is 2.20 bits per heavy atom. The van der Waals surface area contributed by atoms with Crippen LogP contribution in [0.4, 0.5) is 5.69 Å². The van der Waals surface area contributed by atoms with E-state index in [0.29, 0.717) is 22.6 Å². The molecule has 0 radical (unpaired) electrons. The van der Waals surface area contributed by atoms with Crippen molar-refractivity contribution in [2.75, 3.05) is 5.32 Å². The van der Waals surface area contributed by atoms with Crippen molar-refractivity contribution >= 4 is 21.6 Å². The number of anilines is 1. The van der Waals surface area contributed by atoms with Gasteiger partial charge in [-0.25, -0.2) is 9.67 Å². The Labute approximate surface area is 125 Å². The molecule has 0 saturated heterocycles. The number of rotatable bonds is 5. The summed E-state index contributed by atoms with van der Waals surface area (Å²) < 4.78 is 1.96. The molecule has 0 saturated carbocycles. The van der Waals surface area contributed by atoms with Crippen LogP contribution in [0.1, 0.15) is 32.6 Å². The van der Waals surface area contributed by atoms with Crippen LogP contribution in [0.15, 0.2) is 27.9 Å². The number of hydrogen-bond donors (Lipinski definition) is 2. The van der Waals surface area contributed by atoms with Gasteiger partial charge in [0.1, 0.15) is 10.3 Å². The first-order chi connectivity index (χ1) is 9.49. The van der Waals surface area contributed by atoms with E-state index in [1.165, 1.54) is 4.68 Å². The molecule has 0 spiro atoms. The molecule has 2 aromatic rings. The van der Waals surface area contributed by atoms with E-state index in [2.05, 4.69) is 36.3 Å². The maximum Gasteiger partial charge on any atom is 0.283 e. The zero-order valence-electron chi connectivity index (χ0n) is 11.7. The third-order valence-corrected chi connectivity index (χ3v) is 3.59. The van der Waals surface area contributed by atoms with E-state index >= 15 is 0 Å². The second-order valence-corrected chi connectivity index (χ2v) is 5.89. The van der Waals surface area contributed by atoms with Crippen molar-refractivity contribution in [2.24, 2.45) is 5.92 Å². The Kier molecular flexibility index (Phi) is 4.59. The van der Waals surface area contributed by atoms with Gasteiger partial charge < -0.3 is 10.3 Å². The van der Waals surface area contributed by atoms with Gasteiger partial charge in [-0.15, -0.1) is 0 Å². The molecule has 7 heteroatoms. The summed E-state index contributed by atoms with van der Waals surface area (Å²) in [5.41, 5.74) is 0.536. The lowest BCUT2D eigenvalue weighted by molar-refractivity contribution is 0.462. The van der Waals surface area contributed by atoms with Crippen LogP contribution in [0.5, 0.6) is 0 Å². The number of nitrogens with zero attached hydrogens (tertiary/aromatic N) is 3. The van der Waals surface area contributed by atoms with Gasteiger partial charge in [-0.2, -0.15) is 5.10 Å². The fraction of sp³-hybridized carbons (Fsp3) is 0.462.